The molecule has 3 aromatic rings. The number of aryl methyl sites for hydroxylation is 1. The van der Waals surface area contributed by atoms with Crippen molar-refractivity contribution in [2.24, 2.45) is 0 Å². The summed E-state index contributed by atoms with van der Waals surface area (Å²) in [5, 5.41) is 0. The fraction of sp³-hybridized carbons (Fsp3) is 0.0714. The van der Waals surface area contributed by atoms with E-state index in [4.69, 9.17) is 5.73 Å². The van der Waals surface area contributed by atoms with Crippen LogP contribution in [0.2, 0.25) is 0 Å². The maximum atomic E-state index is 13.9. The SMILES string of the molecule is Cc1cccn2c(N)c(-c3cc(Br)ccc3F)nc12. The van der Waals surface area contributed by atoms with Crippen LogP contribution in [0.15, 0.2) is 41.0 Å². The molecule has 96 valence electrons. The minimum Gasteiger partial charge on any atom is -0.383 e. The second-order valence-electron chi connectivity index (χ2n) is 4.35. The van der Waals surface area contributed by atoms with E-state index in [1.165, 1.54) is 6.07 Å². The van der Waals surface area contributed by atoms with Crippen molar-refractivity contribution in [2.75, 3.05) is 5.73 Å². The summed E-state index contributed by atoms with van der Waals surface area (Å²) in [5.74, 6) is 0.103. The standard InChI is InChI=1S/C14H11BrFN3/c1-8-3-2-6-19-13(17)12(18-14(8)19)10-7-9(15)4-5-11(10)16/h2-7H,17H2,1H3. The lowest BCUT2D eigenvalue weighted by atomic mass is 10.1. The molecular formula is C14H11BrFN3. The van der Waals surface area contributed by atoms with Crippen molar-refractivity contribution >= 4 is 27.4 Å². The predicted octanol–water partition coefficient (Wildman–Crippen LogP) is 3.79. The van der Waals surface area contributed by atoms with Gasteiger partial charge in [0.15, 0.2) is 0 Å². The van der Waals surface area contributed by atoms with E-state index < -0.39 is 0 Å². The number of halogens is 2. The van der Waals surface area contributed by atoms with E-state index in [2.05, 4.69) is 20.9 Å². The predicted molar refractivity (Wildman–Crippen MR) is 77.4 cm³/mol. The van der Waals surface area contributed by atoms with Crippen LogP contribution in [0.5, 0.6) is 0 Å². The van der Waals surface area contributed by atoms with Gasteiger partial charge < -0.3 is 5.73 Å². The molecule has 0 amide bonds. The van der Waals surface area contributed by atoms with E-state index in [9.17, 15) is 4.39 Å². The van der Waals surface area contributed by atoms with Crippen molar-refractivity contribution in [3.8, 4) is 11.3 Å². The number of benzene rings is 1. The van der Waals surface area contributed by atoms with Gasteiger partial charge in [-0.15, -0.1) is 0 Å². The molecule has 0 aliphatic heterocycles. The zero-order chi connectivity index (χ0) is 13.6. The number of hydrogen-bond acceptors (Lipinski definition) is 2. The number of imidazole rings is 1. The van der Waals surface area contributed by atoms with Crippen LogP contribution in [0.4, 0.5) is 10.2 Å². The summed E-state index contributed by atoms with van der Waals surface area (Å²) in [7, 11) is 0. The monoisotopic (exact) mass is 319 g/mol. The fourth-order valence-electron chi connectivity index (χ4n) is 2.10. The van der Waals surface area contributed by atoms with E-state index in [-0.39, 0.29) is 5.82 Å². The van der Waals surface area contributed by atoms with Gasteiger partial charge in [0.2, 0.25) is 0 Å². The lowest BCUT2D eigenvalue weighted by molar-refractivity contribution is 0.630. The summed E-state index contributed by atoms with van der Waals surface area (Å²) >= 11 is 3.33. The van der Waals surface area contributed by atoms with Gasteiger partial charge in [0.05, 0.1) is 0 Å². The van der Waals surface area contributed by atoms with Gasteiger partial charge in [-0.2, -0.15) is 0 Å². The minimum absolute atomic E-state index is 0.337. The van der Waals surface area contributed by atoms with Gasteiger partial charge in [0.1, 0.15) is 23.0 Å². The molecule has 5 heteroatoms. The Hall–Kier alpha value is -1.88. The number of rotatable bonds is 1. The first-order valence-corrected chi connectivity index (χ1v) is 6.56. The molecule has 2 aromatic heterocycles. The molecule has 3 rings (SSSR count). The normalized spacial score (nSPS) is 11.1. The number of nitrogen functional groups attached to an aromatic ring is 1. The van der Waals surface area contributed by atoms with Gasteiger partial charge in [0, 0.05) is 16.2 Å². The van der Waals surface area contributed by atoms with E-state index >= 15 is 0 Å². The molecule has 3 nitrogen and oxygen atoms in total. The zero-order valence-corrected chi connectivity index (χ0v) is 11.8. The van der Waals surface area contributed by atoms with Gasteiger partial charge in [-0.05, 0) is 36.8 Å². The molecule has 0 aliphatic carbocycles. The van der Waals surface area contributed by atoms with Gasteiger partial charge in [-0.1, -0.05) is 22.0 Å². The summed E-state index contributed by atoms with van der Waals surface area (Å²) in [6.07, 6.45) is 1.82. The lowest BCUT2D eigenvalue weighted by Crippen LogP contribution is -1.95. The fourth-order valence-corrected chi connectivity index (χ4v) is 2.46. The highest BCUT2D eigenvalue weighted by atomic mass is 79.9. The third-order valence-corrected chi connectivity index (χ3v) is 3.56. The van der Waals surface area contributed by atoms with Crippen molar-refractivity contribution in [3.63, 3.8) is 0 Å². The average molecular weight is 320 g/mol. The Bertz CT molecular complexity index is 780. The second kappa shape index (κ2) is 4.35. The van der Waals surface area contributed by atoms with E-state index in [1.54, 1.807) is 16.5 Å². The third-order valence-electron chi connectivity index (χ3n) is 3.07. The largest absolute Gasteiger partial charge is 0.383 e. The first-order chi connectivity index (χ1) is 9.08. The maximum absolute atomic E-state index is 13.9. The molecule has 0 radical (unpaired) electrons. The Morgan fingerprint density at radius 1 is 1.32 bits per heavy atom. The Labute approximate surface area is 118 Å². The zero-order valence-electron chi connectivity index (χ0n) is 10.2. The number of nitrogens with zero attached hydrogens (tertiary/aromatic N) is 2. The number of pyridine rings is 1. The van der Waals surface area contributed by atoms with Crippen molar-refractivity contribution in [1.29, 1.82) is 0 Å². The summed E-state index contributed by atoms with van der Waals surface area (Å²) in [4.78, 5) is 4.46. The van der Waals surface area contributed by atoms with E-state index in [0.717, 1.165) is 15.7 Å². The Kier molecular flexibility index (Phi) is 2.78. The Morgan fingerprint density at radius 2 is 2.11 bits per heavy atom. The van der Waals surface area contributed by atoms with Crippen LogP contribution in [0.25, 0.3) is 16.9 Å². The molecule has 0 unspecified atom stereocenters. The topological polar surface area (TPSA) is 43.3 Å². The van der Waals surface area contributed by atoms with Gasteiger partial charge in [0.25, 0.3) is 0 Å². The van der Waals surface area contributed by atoms with Gasteiger partial charge >= 0.3 is 0 Å². The van der Waals surface area contributed by atoms with Crippen molar-refractivity contribution in [2.45, 2.75) is 6.92 Å². The molecule has 0 bridgehead atoms. The van der Waals surface area contributed by atoms with Crippen LogP contribution in [-0.2, 0) is 0 Å². The molecule has 19 heavy (non-hydrogen) atoms. The van der Waals surface area contributed by atoms with Gasteiger partial charge in [-0.3, -0.25) is 4.40 Å². The molecular weight excluding hydrogens is 309 g/mol. The summed E-state index contributed by atoms with van der Waals surface area (Å²) in [6, 6.07) is 8.57. The number of aromatic nitrogens is 2. The highest BCUT2D eigenvalue weighted by Gasteiger charge is 2.16. The smallest absolute Gasteiger partial charge is 0.142 e. The molecule has 0 atom stereocenters. The number of nitrogens with two attached hydrogens (primary N) is 1. The molecule has 0 saturated carbocycles. The Morgan fingerprint density at radius 3 is 2.84 bits per heavy atom. The van der Waals surface area contributed by atoms with Crippen LogP contribution in [0.1, 0.15) is 5.56 Å². The van der Waals surface area contributed by atoms with Crippen molar-refractivity contribution < 1.29 is 4.39 Å². The van der Waals surface area contributed by atoms with Crippen LogP contribution in [-0.4, -0.2) is 9.38 Å². The summed E-state index contributed by atoms with van der Waals surface area (Å²) in [5.41, 5.74) is 8.68. The molecule has 2 N–H and O–H groups in total. The maximum Gasteiger partial charge on any atom is 0.142 e. The quantitative estimate of drug-likeness (QED) is 0.741. The lowest BCUT2D eigenvalue weighted by Gasteiger charge is -2.02. The molecule has 0 fully saturated rings. The van der Waals surface area contributed by atoms with Crippen LogP contribution < -0.4 is 5.73 Å². The Balaban J connectivity index is 2.34. The average Bonchev–Trinajstić information content (AvgIpc) is 2.72. The number of fused-ring (bicyclic) bond motifs is 1. The van der Waals surface area contributed by atoms with Crippen molar-refractivity contribution in [3.05, 3.63) is 52.4 Å². The molecule has 0 aliphatic rings. The molecule has 0 spiro atoms. The van der Waals surface area contributed by atoms with E-state index in [0.29, 0.717) is 17.1 Å². The highest BCUT2D eigenvalue weighted by Crippen LogP contribution is 2.31. The third kappa shape index (κ3) is 1.90. The first kappa shape index (κ1) is 12.2. The molecule has 2 heterocycles. The number of anilines is 1. The molecule has 1 aromatic carbocycles. The van der Waals surface area contributed by atoms with Crippen LogP contribution >= 0.6 is 15.9 Å². The van der Waals surface area contributed by atoms with Crippen LogP contribution in [0.3, 0.4) is 0 Å². The second-order valence-corrected chi connectivity index (χ2v) is 5.27. The van der Waals surface area contributed by atoms with Crippen LogP contribution in [0, 0.1) is 12.7 Å². The van der Waals surface area contributed by atoms with Gasteiger partial charge in [-0.25, -0.2) is 9.37 Å². The van der Waals surface area contributed by atoms with Crippen molar-refractivity contribution in [1.82, 2.24) is 9.38 Å². The molecule has 0 saturated heterocycles. The first-order valence-electron chi connectivity index (χ1n) is 5.76. The number of hydrogen-bond donors (Lipinski definition) is 1. The van der Waals surface area contributed by atoms with E-state index in [1.807, 2.05) is 25.3 Å². The highest BCUT2D eigenvalue weighted by molar-refractivity contribution is 9.10. The summed E-state index contributed by atoms with van der Waals surface area (Å²) < 4.78 is 16.5. The minimum atomic E-state index is -0.337. The summed E-state index contributed by atoms with van der Waals surface area (Å²) in [6.45, 7) is 1.95.